The summed E-state index contributed by atoms with van der Waals surface area (Å²) < 4.78 is 56.2. The van der Waals surface area contributed by atoms with E-state index >= 15 is 0 Å². The lowest BCUT2D eigenvalue weighted by Gasteiger charge is -2.22. The van der Waals surface area contributed by atoms with Gasteiger partial charge in [0.1, 0.15) is 12.4 Å². The fraction of sp³-hybridized carbons (Fsp3) is 0.300. The highest BCUT2D eigenvalue weighted by molar-refractivity contribution is 5.77. The zero-order valence-corrected chi connectivity index (χ0v) is 21.4. The molecule has 9 heteroatoms. The summed E-state index contributed by atoms with van der Waals surface area (Å²) in [5.74, 6) is -0.900. The Balaban J connectivity index is 1.49. The first kappa shape index (κ1) is 26.6. The van der Waals surface area contributed by atoms with Crippen molar-refractivity contribution in [2.45, 2.75) is 57.8 Å². The second-order valence-electron chi connectivity index (χ2n) is 9.84. The Labute approximate surface area is 223 Å². The van der Waals surface area contributed by atoms with Gasteiger partial charge in [-0.15, -0.1) is 0 Å². The number of hydrogen-bond donors (Lipinski definition) is 1. The van der Waals surface area contributed by atoms with Gasteiger partial charge in [0.2, 0.25) is 5.91 Å². The fourth-order valence-corrected chi connectivity index (χ4v) is 5.32. The quantitative estimate of drug-likeness (QED) is 0.279. The van der Waals surface area contributed by atoms with Gasteiger partial charge in [-0.3, -0.25) is 14.5 Å². The van der Waals surface area contributed by atoms with E-state index in [2.05, 4.69) is 15.4 Å². The van der Waals surface area contributed by atoms with E-state index in [1.54, 1.807) is 24.4 Å². The van der Waals surface area contributed by atoms with Crippen LogP contribution in [0.2, 0.25) is 0 Å². The van der Waals surface area contributed by atoms with Crippen molar-refractivity contribution < 1.29 is 22.4 Å². The first-order valence-corrected chi connectivity index (χ1v) is 12.9. The van der Waals surface area contributed by atoms with E-state index < -0.39 is 29.6 Å². The number of carbonyl (C=O) groups is 1. The third kappa shape index (κ3) is 5.87. The lowest BCUT2D eigenvalue weighted by atomic mass is 9.93. The number of alkyl halides is 3. The maximum atomic E-state index is 14.0. The van der Waals surface area contributed by atoms with Crippen molar-refractivity contribution in [3.63, 3.8) is 0 Å². The molecular formula is C30H28F4N4O. The molecule has 0 spiro atoms. The van der Waals surface area contributed by atoms with Crippen molar-refractivity contribution in [3.8, 4) is 11.1 Å². The Kier molecular flexibility index (Phi) is 7.50. The Morgan fingerprint density at radius 1 is 1.03 bits per heavy atom. The van der Waals surface area contributed by atoms with Crippen LogP contribution in [0, 0.1) is 12.7 Å². The minimum Gasteiger partial charge on any atom is -0.346 e. The monoisotopic (exact) mass is 536 g/mol. The number of fused-ring (bicyclic) bond motifs is 1. The van der Waals surface area contributed by atoms with Crippen LogP contribution in [0.25, 0.3) is 11.1 Å². The Morgan fingerprint density at radius 3 is 2.56 bits per heavy atom. The second-order valence-corrected chi connectivity index (χ2v) is 9.84. The maximum Gasteiger partial charge on any atom is 0.435 e. The van der Waals surface area contributed by atoms with Crippen molar-refractivity contribution >= 4 is 5.91 Å². The highest BCUT2D eigenvalue weighted by atomic mass is 19.4. The summed E-state index contributed by atoms with van der Waals surface area (Å²) in [6.45, 7) is 1.62. The van der Waals surface area contributed by atoms with Gasteiger partial charge in [-0.05, 0) is 73.9 Å². The molecule has 4 aromatic rings. The van der Waals surface area contributed by atoms with E-state index in [1.165, 1.54) is 16.8 Å². The third-order valence-electron chi connectivity index (χ3n) is 7.09. The van der Waals surface area contributed by atoms with Gasteiger partial charge in [0.25, 0.3) is 0 Å². The number of halogens is 4. The van der Waals surface area contributed by atoms with E-state index in [0.717, 1.165) is 23.1 Å². The average molecular weight is 537 g/mol. The van der Waals surface area contributed by atoms with Crippen LogP contribution in [0.3, 0.4) is 0 Å². The van der Waals surface area contributed by atoms with E-state index in [-0.39, 0.29) is 18.5 Å². The number of benzene rings is 2. The lowest BCUT2D eigenvalue weighted by Crippen LogP contribution is -2.34. The molecule has 1 aliphatic carbocycles. The minimum atomic E-state index is -4.58. The van der Waals surface area contributed by atoms with Crippen LogP contribution in [0.15, 0.2) is 66.9 Å². The lowest BCUT2D eigenvalue weighted by molar-refractivity contribution is -0.142. The SMILES string of the molecule is Cc1ccccc1-c1cccnc1[C@H](Cc1cccc(F)c1)NC(=O)Cn1nc(C(F)(F)F)c2c1CCCC2. The molecule has 0 bridgehead atoms. The van der Waals surface area contributed by atoms with Gasteiger partial charge in [-0.1, -0.05) is 42.5 Å². The van der Waals surface area contributed by atoms with Crippen LogP contribution in [0.5, 0.6) is 0 Å². The number of pyridine rings is 1. The fourth-order valence-electron chi connectivity index (χ4n) is 5.32. The summed E-state index contributed by atoms with van der Waals surface area (Å²) in [6.07, 6.45) is -0.582. The second kappa shape index (κ2) is 11.0. The van der Waals surface area contributed by atoms with Gasteiger partial charge >= 0.3 is 6.18 Å². The average Bonchev–Trinajstić information content (AvgIpc) is 3.28. The molecule has 0 saturated carbocycles. The molecule has 2 aromatic heterocycles. The van der Waals surface area contributed by atoms with Crippen LogP contribution >= 0.6 is 0 Å². The van der Waals surface area contributed by atoms with Crippen molar-refractivity contribution in [2.24, 2.45) is 0 Å². The van der Waals surface area contributed by atoms with Gasteiger partial charge in [-0.2, -0.15) is 18.3 Å². The van der Waals surface area contributed by atoms with Gasteiger partial charge < -0.3 is 5.32 Å². The molecule has 0 saturated heterocycles. The highest BCUT2D eigenvalue weighted by Gasteiger charge is 2.39. The molecule has 0 unspecified atom stereocenters. The van der Waals surface area contributed by atoms with Crippen LogP contribution in [0.4, 0.5) is 17.6 Å². The molecule has 1 atom stereocenters. The van der Waals surface area contributed by atoms with Gasteiger partial charge in [-0.25, -0.2) is 4.39 Å². The molecule has 0 fully saturated rings. The molecule has 202 valence electrons. The zero-order valence-electron chi connectivity index (χ0n) is 21.4. The summed E-state index contributed by atoms with van der Waals surface area (Å²) in [6, 6.07) is 16.9. The van der Waals surface area contributed by atoms with Crippen molar-refractivity contribution in [3.05, 3.63) is 106 Å². The molecule has 1 amide bonds. The molecular weight excluding hydrogens is 508 g/mol. The molecule has 0 radical (unpaired) electrons. The van der Waals surface area contributed by atoms with Crippen LogP contribution in [0.1, 0.15) is 52.7 Å². The van der Waals surface area contributed by atoms with E-state index in [1.807, 2.05) is 37.3 Å². The van der Waals surface area contributed by atoms with E-state index in [4.69, 9.17) is 0 Å². The number of nitrogens with zero attached hydrogens (tertiary/aromatic N) is 3. The Hall–Kier alpha value is -4.01. The Bertz CT molecular complexity index is 1490. The zero-order chi connectivity index (χ0) is 27.6. The molecule has 5 rings (SSSR count). The summed E-state index contributed by atoms with van der Waals surface area (Å²) in [4.78, 5) is 18.0. The van der Waals surface area contributed by atoms with Gasteiger partial charge in [0.15, 0.2) is 5.69 Å². The number of nitrogens with one attached hydrogen (secondary N) is 1. The van der Waals surface area contributed by atoms with E-state index in [9.17, 15) is 22.4 Å². The smallest absolute Gasteiger partial charge is 0.346 e. The van der Waals surface area contributed by atoms with Gasteiger partial charge in [0, 0.05) is 23.0 Å². The number of rotatable bonds is 7. The standard InChI is InChI=1S/C30H28F4N4O/c1-19-8-2-3-11-22(19)23-13-7-15-35-28(23)25(17-20-9-6-10-21(31)16-20)36-27(39)18-38-26-14-5-4-12-24(26)29(37-38)30(32,33)34/h2-3,6-11,13,15-16,25H,4-5,12,14,17-18H2,1H3,(H,36,39)/t25-/m0/s1. The van der Waals surface area contributed by atoms with Crippen molar-refractivity contribution in [1.29, 1.82) is 0 Å². The summed E-state index contributed by atoms with van der Waals surface area (Å²) in [5.41, 5.74) is 3.75. The normalized spacial score (nSPS) is 14.1. The van der Waals surface area contributed by atoms with Crippen molar-refractivity contribution in [2.75, 3.05) is 0 Å². The summed E-state index contributed by atoms with van der Waals surface area (Å²) in [5, 5.41) is 6.79. The van der Waals surface area contributed by atoms with Crippen LogP contribution in [-0.4, -0.2) is 20.7 Å². The Morgan fingerprint density at radius 2 is 1.79 bits per heavy atom. The summed E-state index contributed by atoms with van der Waals surface area (Å²) >= 11 is 0. The van der Waals surface area contributed by atoms with Gasteiger partial charge in [0.05, 0.1) is 11.7 Å². The predicted molar refractivity (Wildman–Crippen MR) is 139 cm³/mol. The third-order valence-corrected chi connectivity index (χ3v) is 7.09. The highest BCUT2D eigenvalue weighted by Crippen LogP contribution is 2.36. The van der Waals surface area contributed by atoms with Crippen LogP contribution in [-0.2, 0) is 36.8 Å². The first-order chi connectivity index (χ1) is 18.7. The first-order valence-electron chi connectivity index (χ1n) is 12.9. The van der Waals surface area contributed by atoms with Crippen molar-refractivity contribution in [1.82, 2.24) is 20.1 Å². The number of aromatic nitrogens is 3. The minimum absolute atomic E-state index is 0.185. The number of aryl methyl sites for hydroxylation is 1. The predicted octanol–water partition coefficient (Wildman–Crippen LogP) is 6.39. The molecule has 39 heavy (non-hydrogen) atoms. The number of carbonyl (C=O) groups excluding carboxylic acids is 1. The van der Waals surface area contributed by atoms with Crippen LogP contribution < -0.4 is 5.32 Å². The maximum absolute atomic E-state index is 14.0. The molecule has 2 aromatic carbocycles. The number of hydrogen-bond acceptors (Lipinski definition) is 3. The molecule has 2 heterocycles. The van der Waals surface area contributed by atoms with E-state index in [0.29, 0.717) is 36.2 Å². The number of amides is 1. The molecule has 0 aliphatic heterocycles. The molecule has 1 N–H and O–H groups in total. The molecule has 1 aliphatic rings. The summed E-state index contributed by atoms with van der Waals surface area (Å²) in [7, 11) is 0. The molecule has 5 nitrogen and oxygen atoms in total. The largest absolute Gasteiger partial charge is 0.435 e. The topological polar surface area (TPSA) is 59.8 Å².